The van der Waals surface area contributed by atoms with Crippen molar-refractivity contribution < 1.29 is 4.74 Å². The van der Waals surface area contributed by atoms with Crippen molar-refractivity contribution >= 4 is 11.6 Å². The summed E-state index contributed by atoms with van der Waals surface area (Å²) < 4.78 is 7.61. The normalized spacial score (nSPS) is 10.5. The van der Waals surface area contributed by atoms with Gasteiger partial charge in [-0.1, -0.05) is 18.5 Å². The largest absolute Gasteiger partial charge is 0.486 e. The molecule has 0 aliphatic rings. The smallest absolute Gasteiger partial charge is 0.170 e. The van der Waals surface area contributed by atoms with Crippen molar-refractivity contribution in [2.24, 2.45) is 0 Å². The second kappa shape index (κ2) is 5.68. The molecule has 2 rings (SSSR count). The Morgan fingerprint density at radius 3 is 2.76 bits per heavy atom. The maximum atomic E-state index is 5.80. The van der Waals surface area contributed by atoms with E-state index in [1.807, 2.05) is 16.7 Å². The van der Waals surface area contributed by atoms with E-state index < -0.39 is 0 Å². The van der Waals surface area contributed by atoms with Crippen molar-refractivity contribution in [3.8, 4) is 5.75 Å². The summed E-state index contributed by atoms with van der Waals surface area (Å²) in [6, 6.07) is 7.27. The summed E-state index contributed by atoms with van der Waals surface area (Å²) in [7, 11) is 0. The maximum absolute atomic E-state index is 5.80. The fraction of sp³-hybridized carbons (Fsp3) is 0.333. The lowest BCUT2D eigenvalue weighted by Crippen LogP contribution is -2.06. The van der Waals surface area contributed by atoms with Crippen LogP contribution in [0, 0.1) is 0 Å². The molecular formula is C12H14ClN3O. The zero-order valence-electron chi connectivity index (χ0n) is 9.64. The van der Waals surface area contributed by atoms with Gasteiger partial charge >= 0.3 is 0 Å². The number of aryl methyl sites for hydroxylation is 1. The quantitative estimate of drug-likeness (QED) is 0.820. The van der Waals surface area contributed by atoms with Crippen molar-refractivity contribution in [2.45, 2.75) is 26.5 Å². The molecule has 0 radical (unpaired) electrons. The minimum atomic E-state index is 0.418. The third-order valence-electron chi connectivity index (χ3n) is 2.34. The molecule has 90 valence electrons. The van der Waals surface area contributed by atoms with Crippen LogP contribution in [0.2, 0.25) is 5.02 Å². The number of hydrogen-bond donors (Lipinski definition) is 0. The van der Waals surface area contributed by atoms with E-state index in [-0.39, 0.29) is 0 Å². The molecule has 1 heterocycles. The number of aromatic nitrogens is 3. The van der Waals surface area contributed by atoms with Gasteiger partial charge in [-0.3, -0.25) is 0 Å². The summed E-state index contributed by atoms with van der Waals surface area (Å²) >= 11 is 5.80. The van der Waals surface area contributed by atoms with Crippen LogP contribution in [-0.4, -0.2) is 14.8 Å². The fourth-order valence-electron chi connectivity index (χ4n) is 1.50. The van der Waals surface area contributed by atoms with Crippen molar-refractivity contribution in [1.29, 1.82) is 0 Å². The summed E-state index contributed by atoms with van der Waals surface area (Å²) in [6.07, 6.45) is 2.77. The average molecular weight is 252 g/mol. The first-order valence-electron chi connectivity index (χ1n) is 5.54. The molecule has 1 aromatic carbocycles. The first kappa shape index (κ1) is 11.9. The Morgan fingerprint density at radius 2 is 2.06 bits per heavy atom. The molecule has 0 saturated heterocycles. The van der Waals surface area contributed by atoms with Crippen molar-refractivity contribution in [1.82, 2.24) is 14.8 Å². The van der Waals surface area contributed by atoms with E-state index in [0.717, 1.165) is 24.5 Å². The number of nitrogens with zero attached hydrogens (tertiary/aromatic N) is 3. The summed E-state index contributed by atoms with van der Waals surface area (Å²) in [5.41, 5.74) is 0. The standard InChI is InChI=1S/C12H14ClN3O/c1-2-7-16-9-14-15-12(16)8-17-11-5-3-10(13)4-6-11/h3-6,9H,2,7-8H2,1H3. The van der Waals surface area contributed by atoms with Gasteiger partial charge in [-0.2, -0.15) is 0 Å². The minimum absolute atomic E-state index is 0.418. The number of ether oxygens (including phenoxy) is 1. The van der Waals surface area contributed by atoms with Crippen LogP contribution in [0.25, 0.3) is 0 Å². The molecule has 1 aromatic heterocycles. The van der Waals surface area contributed by atoms with Gasteiger partial charge in [-0.15, -0.1) is 10.2 Å². The first-order valence-corrected chi connectivity index (χ1v) is 5.92. The molecule has 0 atom stereocenters. The van der Waals surface area contributed by atoms with Gasteiger partial charge < -0.3 is 9.30 Å². The van der Waals surface area contributed by atoms with Gasteiger partial charge in [0.05, 0.1) is 0 Å². The molecule has 0 aliphatic heterocycles. The Labute approximate surface area is 105 Å². The Hall–Kier alpha value is -1.55. The molecule has 0 fully saturated rings. The van der Waals surface area contributed by atoms with E-state index in [4.69, 9.17) is 16.3 Å². The lowest BCUT2D eigenvalue weighted by Gasteiger charge is -2.07. The Morgan fingerprint density at radius 1 is 1.29 bits per heavy atom. The Bertz CT molecular complexity index is 467. The van der Waals surface area contributed by atoms with Crippen LogP contribution in [0.5, 0.6) is 5.75 Å². The Kier molecular flexibility index (Phi) is 3.98. The Balaban J connectivity index is 1.97. The lowest BCUT2D eigenvalue weighted by atomic mass is 10.3. The average Bonchev–Trinajstić information content (AvgIpc) is 2.77. The van der Waals surface area contributed by atoms with Crippen LogP contribution < -0.4 is 4.74 Å². The minimum Gasteiger partial charge on any atom is -0.486 e. The number of hydrogen-bond acceptors (Lipinski definition) is 3. The molecule has 0 bridgehead atoms. The second-order valence-electron chi connectivity index (χ2n) is 3.68. The van der Waals surface area contributed by atoms with Gasteiger partial charge in [-0.25, -0.2) is 0 Å². The van der Waals surface area contributed by atoms with E-state index >= 15 is 0 Å². The summed E-state index contributed by atoms with van der Waals surface area (Å²) in [5.74, 6) is 1.61. The van der Waals surface area contributed by atoms with E-state index in [2.05, 4.69) is 17.1 Å². The molecule has 0 unspecified atom stereocenters. The second-order valence-corrected chi connectivity index (χ2v) is 4.12. The molecule has 0 N–H and O–H groups in total. The third kappa shape index (κ3) is 3.20. The summed E-state index contributed by atoms with van der Waals surface area (Å²) in [5, 5.41) is 8.61. The molecule has 2 aromatic rings. The highest BCUT2D eigenvalue weighted by Crippen LogP contribution is 2.16. The van der Waals surface area contributed by atoms with Crippen LogP contribution in [0.1, 0.15) is 19.2 Å². The molecule has 0 saturated carbocycles. The number of halogens is 1. The molecule has 5 heteroatoms. The highest BCUT2D eigenvalue weighted by Gasteiger charge is 2.04. The number of rotatable bonds is 5. The van der Waals surface area contributed by atoms with Crippen LogP contribution in [-0.2, 0) is 13.2 Å². The molecule has 0 spiro atoms. The zero-order valence-corrected chi connectivity index (χ0v) is 10.4. The van der Waals surface area contributed by atoms with Gasteiger partial charge in [0, 0.05) is 11.6 Å². The van der Waals surface area contributed by atoms with E-state index in [9.17, 15) is 0 Å². The zero-order chi connectivity index (χ0) is 12.1. The van der Waals surface area contributed by atoms with Gasteiger partial charge in [0.25, 0.3) is 0 Å². The third-order valence-corrected chi connectivity index (χ3v) is 2.59. The van der Waals surface area contributed by atoms with Gasteiger partial charge in [0.1, 0.15) is 18.7 Å². The maximum Gasteiger partial charge on any atom is 0.170 e. The SMILES string of the molecule is CCCn1cnnc1COc1ccc(Cl)cc1. The van der Waals surface area contributed by atoms with E-state index in [1.54, 1.807) is 18.5 Å². The van der Waals surface area contributed by atoms with Crippen LogP contribution in [0.15, 0.2) is 30.6 Å². The predicted octanol–water partition coefficient (Wildman–Crippen LogP) is 2.92. The van der Waals surface area contributed by atoms with Crippen molar-refractivity contribution in [3.05, 3.63) is 41.4 Å². The molecule has 17 heavy (non-hydrogen) atoms. The number of benzene rings is 1. The molecule has 0 amide bonds. The van der Waals surface area contributed by atoms with Crippen molar-refractivity contribution in [2.75, 3.05) is 0 Å². The topological polar surface area (TPSA) is 39.9 Å². The van der Waals surface area contributed by atoms with Crippen LogP contribution >= 0.6 is 11.6 Å². The van der Waals surface area contributed by atoms with Gasteiger partial charge in [-0.05, 0) is 30.7 Å². The molecular weight excluding hydrogens is 238 g/mol. The summed E-state index contributed by atoms with van der Waals surface area (Å²) in [6.45, 7) is 3.44. The predicted molar refractivity (Wildman–Crippen MR) is 66.1 cm³/mol. The van der Waals surface area contributed by atoms with Crippen LogP contribution in [0.4, 0.5) is 0 Å². The van der Waals surface area contributed by atoms with Crippen LogP contribution in [0.3, 0.4) is 0 Å². The fourth-order valence-corrected chi connectivity index (χ4v) is 1.62. The summed E-state index contributed by atoms with van der Waals surface area (Å²) in [4.78, 5) is 0. The molecule has 4 nitrogen and oxygen atoms in total. The highest BCUT2D eigenvalue weighted by molar-refractivity contribution is 6.30. The van der Waals surface area contributed by atoms with E-state index in [1.165, 1.54) is 0 Å². The molecule has 0 aliphatic carbocycles. The van der Waals surface area contributed by atoms with Gasteiger partial charge in [0.2, 0.25) is 0 Å². The monoisotopic (exact) mass is 251 g/mol. The highest BCUT2D eigenvalue weighted by atomic mass is 35.5. The van der Waals surface area contributed by atoms with Crippen molar-refractivity contribution in [3.63, 3.8) is 0 Å². The first-order chi connectivity index (χ1) is 8.29. The van der Waals surface area contributed by atoms with Gasteiger partial charge in [0.15, 0.2) is 5.82 Å². The van der Waals surface area contributed by atoms with E-state index in [0.29, 0.717) is 11.6 Å². The lowest BCUT2D eigenvalue weighted by molar-refractivity contribution is 0.288.